The Labute approximate surface area is 115 Å². The van der Waals surface area contributed by atoms with E-state index in [0.29, 0.717) is 5.41 Å². The van der Waals surface area contributed by atoms with E-state index in [1.165, 1.54) is 70.9 Å². The van der Waals surface area contributed by atoms with Gasteiger partial charge in [0.25, 0.3) is 0 Å². The SMILES string of the molecule is CC(C)N1CCCCCCCC(C)(C)CCCC1. The first-order valence-electron chi connectivity index (χ1n) is 8.25. The number of rotatable bonds is 1. The molecule has 18 heavy (non-hydrogen) atoms. The molecule has 0 saturated carbocycles. The van der Waals surface area contributed by atoms with Crippen LogP contribution in [0.1, 0.15) is 85.5 Å². The zero-order valence-corrected chi connectivity index (χ0v) is 13.3. The molecule has 1 aliphatic rings. The van der Waals surface area contributed by atoms with Crippen LogP contribution in [-0.4, -0.2) is 24.0 Å². The Morgan fingerprint density at radius 3 is 1.78 bits per heavy atom. The van der Waals surface area contributed by atoms with Crippen LogP contribution in [0.4, 0.5) is 0 Å². The van der Waals surface area contributed by atoms with Crippen molar-refractivity contribution in [2.45, 2.75) is 91.5 Å². The lowest BCUT2D eigenvalue weighted by Gasteiger charge is -2.27. The van der Waals surface area contributed by atoms with Crippen molar-refractivity contribution in [3.05, 3.63) is 0 Å². The normalized spacial score (nSPS) is 25.2. The van der Waals surface area contributed by atoms with Gasteiger partial charge in [0.2, 0.25) is 0 Å². The Bertz CT molecular complexity index is 208. The molecule has 0 aromatic carbocycles. The van der Waals surface area contributed by atoms with Crippen LogP contribution in [0.2, 0.25) is 0 Å². The zero-order chi connectivity index (χ0) is 13.4. The largest absolute Gasteiger partial charge is 0.301 e. The first kappa shape index (κ1) is 16.0. The van der Waals surface area contributed by atoms with E-state index in [0.717, 1.165) is 6.04 Å². The van der Waals surface area contributed by atoms with Gasteiger partial charge in [0.15, 0.2) is 0 Å². The second-order valence-electron chi connectivity index (χ2n) is 7.27. The minimum absolute atomic E-state index is 0.580. The summed E-state index contributed by atoms with van der Waals surface area (Å²) in [6.07, 6.45) is 12.8. The molecule has 0 atom stereocenters. The van der Waals surface area contributed by atoms with Crippen LogP contribution in [0.3, 0.4) is 0 Å². The summed E-state index contributed by atoms with van der Waals surface area (Å²) in [5, 5.41) is 0. The molecule has 0 spiro atoms. The van der Waals surface area contributed by atoms with Crippen molar-refractivity contribution in [1.82, 2.24) is 4.90 Å². The van der Waals surface area contributed by atoms with Crippen molar-refractivity contribution in [1.29, 1.82) is 0 Å². The fourth-order valence-electron chi connectivity index (χ4n) is 3.12. The van der Waals surface area contributed by atoms with Gasteiger partial charge >= 0.3 is 0 Å². The van der Waals surface area contributed by atoms with E-state index in [4.69, 9.17) is 0 Å². The van der Waals surface area contributed by atoms with E-state index in [-0.39, 0.29) is 0 Å². The van der Waals surface area contributed by atoms with Gasteiger partial charge in [-0.2, -0.15) is 0 Å². The summed E-state index contributed by atoms with van der Waals surface area (Å²) >= 11 is 0. The molecule has 0 unspecified atom stereocenters. The van der Waals surface area contributed by atoms with Crippen LogP contribution >= 0.6 is 0 Å². The molecule has 0 bridgehead atoms. The highest BCUT2D eigenvalue weighted by molar-refractivity contribution is 4.71. The van der Waals surface area contributed by atoms with Crippen LogP contribution in [0.5, 0.6) is 0 Å². The molecule has 1 saturated heterocycles. The van der Waals surface area contributed by atoms with Crippen molar-refractivity contribution < 1.29 is 0 Å². The summed E-state index contributed by atoms with van der Waals surface area (Å²) in [6.45, 7) is 12.3. The Balaban J connectivity index is 2.42. The van der Waals surface area contributed by atoms with Crippen LogP contribution in [0.25, 0.3) is 0 Å². The van der Waals surface area contributed by atoms with E-state index in [2.05, 4.69) is 32.6 Å². The molecule has 108 valence electrons. The number of hydrogen-bond acceptors (Lipinski definition) is 1. The molecule has 1 rings (SSSR count). The van der Waals surface area contributed by atoms with Crippen molar-refractivity contribution in [3.63, 3.8) is 0 Å². The van der Waals surface area contributed by atoms with Crippen molar-refractivity contribution in [3.8, 4) is 0 Å². The van der Waals surface area contributed by atoms with Gasteiger partial charge < -0.3 is 4.90 Å². The fraction of sp³-hybridized carbons (Fsp3) is 1.00. The van der Waals surface area contributed by atoms with Gasteiger partial charge in [0.05, 0.1) is 0 Å². The second kappa shape index (κ2) is 8.19. The van der Waals surface area contributed by atoms with Crippen LogP contribution in [0, 0.1) is 5.41 Å². The van der Waals surface area contributed by atoms with Gasteiger partial charge in [-0.15, -0.1) is 0 Å². The highest BCUT2D eigenvalue weighted by atomic mass is 15.1. The number of nitrogens with zero attached hydrogens (tertiary/aromatic N) is 1. The third kappa shape index (κ3) is 6.78. The van der Waals surface area contributed by atoms with Crippen LogP contribution < -0.4 is 0 Å². The van der Waals surface area contributed by atoms with Crippen LogP contribution in [0.15, 0.2) is 0 Å². The smallest absolute Gasteiger partial charge is 0.00385 e. The van der Waals surface area contributed by atoms with Gasteiger partial charge in [0, 0.05) is 6.04 Å². The third-order valence-electron chi connectivity index (χ3n) is 4.58. The maximum absolute atomic E-state index is 2.69. The Morgan fingerprint density at radius 1 is 0.722 bits per heavy atom. The van der Waals surface area contributed by atoms with Gasteiger partial charge in [0.1, 0.15) is 0 Å². The lowest BCUT2D eigenvalue weighted by atomic mass is 9.82. The molecule has 0 aromatic rings. The van der Waals surface area contributed by atoms with E-state index < -0.39 is 0 Å². The van der Waals surface area contributed by atoms with E-state index in [1.54, 1.807) is 0 Å². The highest BCUT2D eigenvalue weighted by Gasteiger charge is 2.17. The van der Waals surface area contributed by atoms with Gasteiger partial charge in [-0.05, 0) is 58.0 Å². The summed E-state index contributed by atoms with van der Waals surface area (Å²) in [4.78, 5) is 2.69. The van der Waals surface area contributed by atoms with Crippen molar-refractivity contribution in [2.75, 3.05) is 13.1 Å². The van der Waals surface area contributed by atoms with Crippen LogP contribution in [-0.2, 0) is 0 Å². The monoisotopic (exact) mass is 253 g/mol. The summed E-state index contributed by atoms with van der Waals surface area (Å²) in [5.74, 6) is 0. The predicted molar refractivity (Wildman–Crippen MR) is 82.0 cm³/mol. The lowest BCUT2D eigenvalue weighted by molar-refractivity contribution is 0.207. The molecule has 1 heterocycles. The van der Waals surface area contributed by atoms with E-state index >= 15 is 0 Å². The van der Waals surface area contributed by atoms with Gasteiger partial charge in [-0.3, -0.25) is 0 Å². The topological polar surface area (TPSA) is 3.24 Å². The summed E-state index contributed by atoms with van der Waals surface area (Å²) < 4.78 is 0. The molecule has 0 N–H and O–H groups in total. The molecule has 0 aromatic heterocycles. The highest BCUT2D eigenvalue weighted by Crippen LogP contribution is 2.30. The zero-order valence-electron chi connectivity index (χ0n) is 13.3. The molecule has 1 fully saturated rings. The summed E-state index contributed by atoms with van der Waals surface area (Å²) in [6, 6.07) is 0.725. The Kier molecular flexibility index (Phi) is 7.29. The quantitative estimate of drug-likeness (QED) is 0.617. The van der Waals surface area contributed by atoms with Crippen molar-refractivity contribution >= 4 is 0 Å². The maximum Gasteiger partial charge on any atom is 0.00385 e. The average molecular weight is 253 g/mol. The number of hydrogen-bond donors (Lipinski definition) is 0. The molecule has 0 amide bonds. The van der Waals surface area contributed by atoms with Crippen molar-refractivity contribution in [2.24, 2.45) is 5.41 Å². The maximum atomic E-state index is 2.69. The fourth-order valence-corrected chi connectivity index (χ4v) is 3.12. The standard InChI is InChI=1S/C17H35N/c1-16(2)18-14-10-7-5-6-8-12-17(3,4)13-9-11-15-18/h16H,5-15H2,1-4H3. The minimum Gasteiger partial charge on any atom is -0.301 e. The third-order valence-corrected chi connectivity index (χ3v) is 4.58. The molecular weight excluding hydrogens is 218 g/mol. The molecule has 1 nitrogen and oxygen atoms in total. The first-order valence-corrected chi connectivity index (χ1v) is 8.25. The average Bonchev–Trinajstić information content (AvgIpc) is 2.30. The Morgan fingerprint density at radius 2 is 1.17 bits per heavy atom. The minimum atomic E-state index is 0.580. The molecule has 1 heteroatoms. The second-order valence-corrected chi connectivity index (χ2v) is 7.27. The first-order chi connectivity index (χ1) is 8.51. The Hall–Kier alpha value is -0.0400. The van der Waals surface area contributed by atoms with E-state index in [9.17, 15) is 0 Å². The lowest BCUT2D eigenvalue weighted by Crippen LogP contribution is -2.32. The summed E-state index contributed by atoms with van der Waals surface area (Å²) in [7, 11) is 0. The van der Waals surface area contributed by atoms with Gasteiger partial charge in [-0.25, -0.2) is 0 Å². The molecule has 1 aliphatic heterocycles. The molecular formula is C17H35N. The molecule has 0 radical (unpaired) electrons. The van der Waals surface area contributed by atoms with Gasteiger partial charge in [-0.1, -0.05) is 46.0 Å². The van der Waals surface area contributed by atoms with E-state index in [1.807, 2.05) is 0 Å². The molecule has 0 aliphatic carbocycles. The summed E-state index contributed by atoms with van der Waals surface area (Å²) in [5.41, 5.74) is 0.580. The predicted octanol–water partition coefficient (Wildman–Crippen LogP) is 5.25.